The van der Waals surface area contributed by atoms with Crippen LogP contribution in [-0.4, -0.2) is 33.6 Å². The fourth-order valence-corrected chi connectivity index (χ4v) is 1.80. The largest absolute Gasteiger partial charge is 0.390 e. The molecule has 1 saturated carbocycles. The molecule has 12 heavy (non-hydrogen) atoms. The molecule has 0 aliphatic heterocycles. The van der Waals surface area contributed by atoms with Crippen LogP contribution < -0.4 is 0 Å². The maximum absolute atomic E-state index is 9.36. The molecule has 0 aromatic carbocycles. The Kier molecular flexibility index (Phi) is 3.09. The zero-order valence-electron chi connectivity index (χ0n) is 7.64. The number of hydrogen-bond donors (Lipinski definition) is 3. The standard InChI is InChI=1S/C9H18O3/c1-5(2)6-3-7(10)9(12)8(11)4-6/h5-12H,3-4H2,1-2H3/t6?,7-,8-,9?/m1/s1. The molecule has 1 rings (SSSR count). The van der Waals surface area contributed by atoms with E-state index in [-0.39, 0.29) is 0 Å². The third kappa shape index (κ3) is 1.97. The highest BCUT2D eigenvalue weighted by molar-refractivity contribution is 4.86. The van der Waals surface area contributed by atoms with Crippen LogP contribution in [0.1, 0.15) is 26.7 Å². The van der Waals surface area contributed by atoms with Gasteiger partial charge in [0, 0.05) is 0 Å². The molecule has 0 unspecified atom stereocenters. The van der Waals surface area contributed by atoms with Crippen LogP contribution in [0.15, 0.2) is 0 Å². The summed E-state index contributed by atoms with van der Waals surface area (Å²) >= 11 is 0. The van der Waals surface area contributed by atoms with Crippen molar-refractivity contribution in [3.05, 3.63) is 0 Å². The van der Waals surface area contributed by atoms with Gasteiger partial charge in [-0.05, 0) is 24.7 Å². The van der Waals surface area contributed by atoms with Crippen molar-refractivity contribution in [3.63, 3.8) is 0 Å². The van der Waals surface area contributed by atoms with Crippen LogP contribution in [0.5, 0.6) is 0 Å². The Labute approximate surface area is 73.0 Å². The van der Waals surface area contributed by atoms with E-state index < -0.39 is 18.3 Å². The van der Waals surface area contributed by atoms with Crippen LogP contribution in [0, 0.1) is 11.8 Å². The Morgan fingerprint density at radius 3 is 1.75 bits per heavy atom. The number of aliphatic hydroxyl groups is 3. The van der Waals surface area contributed by atoms with Gasteiger partial charge in [0.05, 0.1) is 12.2 Å². The lowest BCUT2D eigenvalue weighted by Gasteiger charge is -2.35. The summed E-state index contributed by atoms with van der Waals surface area (Å²) in [5.41, 5.74) is 0. The van der Waals surface area contributed by atoms with E-state index in [0.29, 0.717) is 24.7 Å². The molecule has 0 bridgehead atoms. The molecule has 3 heteroatoms. The number of hydrogen-bond acceptors (Lipinski definition) is 3. The van der Waals surface area contributed by atoms with Gasteiger partial charge in [-0.3, -0.25) is 0 Å². The molecule has 0 aromatic rings. The second-order valence-corrected chi connectivity index (χ2v) is 4.10. The van der Waals surface area contributed by atoms with E-state index in [0.717, 1.165) is 0 Å². The fraction of sp³-hybridized carbons (Fsp3) is 1.00. The summed E-state index contributed by atoms with van der Waals surface area (Å²) in [5, 5.41) is 28.0. The molecule has 1 aliphatic carbocycles. The lowest BCUT2D eigenvalue weighted by Crippen LogP contribution is -2.45. The van der Waals surface area contributed by atoms with Crippen LogP contribution in [-0.2, 0) is 0 Å². The summed E-state index contributed by atoms with van der Waals surface area (Å²) < 4.78 is 0. The van der Waals surface area contributed by atoms with E-state index in [4.69, 9.17) is 0 Å². The Morgan fingerprint density at radius 1 is 1.00 bits per heavy atom. The molecule has 0 heterocycles. The third-order valence-electron chi connectivity index (χ3n) is 2.82. The molecule has 3 nitrogen and oxygen atoms in total. The zero-order chi connectivity index (χ0) is 9.30. The van der Waals surface area contributed by atoms with Crippen molar-refractivity contribution in [2.24, 2.45) is 11.8 Å². The average Bonchev–Trinajstić information content (AvgIpc) is 1.99. The van der Waals surface area contributed by atoms with Crippen LogP contribution in [0.2, 0.25) is 0 Å². The summed E-state index contributed by atoms with van der Waals surface area (Å²) in [6, 6.07) is 0. The molecule has 2 atom stereocenters. The predicted molar refractivity (Wildman–Crippen MR) is 45.6 cm³/mol. The second kappa shape index (κ2) is 3.73. The Bertz CT molecular complexity index is 135. The highest BCUT2D eigenvalue weighted by Crippen LogP contribution is 2.30. The first-order valence-electron chi connectivity index (χ1n) is 4.56. The van der Waals surface area contributed by atoms with Crippen molar-refractivity contribution in [2.45, 2.75) is 45.0 Å². The highest BCUT2D eigenvalue weighted by atomic mass is 16.4. The van der Waals surface area contributed by atoms with E-state index in [9.17, 15) is 15.3 Å². The van der Waals surface area contributed by atoms with E-state index in [1.54, 1.807) is 0 Å². The molecule has 0 saturated heterocycles. The van der Waals surface area contributed by atoms with Gasteiger partial charge in [0.15, 0.2) is 0 Å². The topological polar surface area (TPSA) is 60.7 Å². The van der Waals surface area contributed by atoms with Crippen molar-refractivity contribution in [1.29, 1.82) is 0 Å². The lowest BCUT2D eigenvalue weighted by atomic mass is 9.77. The summed E-state index contributed by atoms with van der Waals surface area (Å²) in [6.07, 6.45) is -1.23. The van der Waals surface area contributed by atoms with Gasteiger partial charge in [0.25, 0.3) is 0 Å². The smallest absolute Gasteiger partial charge is 0.106 e. The monoisotopic (exact) mass is 174 g/mol. The molecule has 3 N–H and O–H groups in total. The molecule has 0 aromatic heterocycles. The molecule has 1 aliphatic rings. The molecular formula is C9H18O3. The Hall–Kier alpha value is -0.120. The Morgan fingerprint density at radius 2 is 1.42 bits per heavy atom. The first-order chi connectivity index (χ1) is 5.52. The first kappa shape index (κ1) is 9.96. The quantitative estimate of drug-likeness (QED) is 0.529. The van der Waals surface area contributed by atoms with Crippen LogP contribution >= 0.6 is 0 Å². The second-order valence-electron chi connectivity index (χ2n) is 4.10. The van der Waals surface area contributed by atoms with Gasteiger partial charge in [-0.1, -0.05) is 13.8 Å². The van der Waals surface area contributed by atoms with E-state index in [2.05, 4.69) is 13.8 Å². The summed E-state index contributed by atoms with van der Waals surface area (Å²) in [4.78, 5) is 0. The van der Waals surface area contributed by atoms with E-state index in [1.165, 1.54) is 0 Å². The summed E-state index contributed by atoms with van der Waals surface area (Å²) in [7, 11) is 0. The molecule has 72 valence electrons. The zero-order valence-corrected chi connectivity index (χ0v) is 7.64. The van der Waals surface area contributed by atoms with Gasteiger partial charge in [0.1, 0.15) is 6.10 Å². The fourth-order valence-electron chi connectivity index (χ4n) is 1.80. The molecule has 0 radical (unpaired) electrons. The SMILES string of the molecule is CC(C)C1C[C@@H](O)C(O)[C@H](O)C1. The normalized spacial score (nSPS) is 43.5. The minimum atomic E-state index is -0.944. The van der Waals surface area contributed by atoms with Crippen molar-refractivity contribution < 1.29 is 15.3 Å². The summed E-state index contributed by atoms with van der Waals surface area (Å²) in [6.45, 7) is 4.14. The molecular weight excluding hydrogens is 156 g/mol. The van der Waals surface area contributed by atoms with Crippen LogP contribution in [0.25, 0.3) is 0 Å². The highest BCUT2D eigenvalue weighted by Gasteiger charge is 2.35. The van der Waals surface area contributed by atoms with Gasteiger partial charge in [-0.15, -0.1) is 0 Å². The number of rotatable bonds is 1. The van der Waals surface area contributed by atoms with Crippen molar-refractivity contribution in [1.82, 2.24) is 0 Å². The minimum absolute atomic E-state index is 0.332. The van der Waals surface area contributed by atoms with Gasteiger partial charge in [-0.2, -0.15) is 0 Å². The maximum Gasteiger partial charge on any atom is 0.106 e. The first-order valence-corrected chi connectivity index (χ1v) is 4.56. The van der Waals surface area contributed by atoms with Crippen LogP contribution in [0.3, 0.4) is 0 Å². The van der Waals surface area contributed by atoms with Gasteiger partial charge in [0.2, 0.25) is 0 Å². The van der Waals surface area contributed by atoms with E-state index >= 15 is 0 Å². The van der Waals surface area contributed by atoms with Crippen molar-refractivity contribution >= 4 is 0 Å². The maximum atomic E-state index is 9.36. The van der Waals surface area contributed by atoms with Crippen molar-refractivity contribution in [3.8, 4) is 0 Å². The minimum Gasteiger partial charge on any atom is -0.390 e. The van der Waals surface area contributed by atoms with E-state index in [1.807, 2.05) is 0 Å². The van der Waals surface area contributed by atoms with Crippen LogP contribution in [0.4, 0.5) is 0 Å². The van der Waals surface area contributed by atoms with Gasteiger partial charge >= 0.3 is 0 Å². The predicted octanol–water partition coefficient (Wildman–Crippen LogP) is 0.135. The molecule has 0 amide bonds. The average molecular weight is 174 g/mol. The Balaban J connectivity index is 2.53. The molecule has 0 spiro atoms. The molecule has 1 fully saturated rings. The van der Waals surface area contributed by atoms with Crippen molar-refractivity contribution in [2.75, 3.05) is 0 Å². The third-order valence-corrected chi connectivity index (χ3v) is 2.82. The summed E-state index contributed by atoms with van der Waals surface area (Å²) in [5.74, 6) is 0.792. The van der Waals surface area contributed by atoms with Gasteiger partial charge in [-0.25, -0.2) is 0 Å². The van der Waals surface area contributed by atoms with Gasteiger partial charge < -0.3 is 15.3 Å². The lowest BCUT2D eigenvalue weighted by molar-refractivity contribution is -0.105. The number of aliphatic hydroxyl groups excluding tert-OH is 3.